The van der Waals surface area contributed by atoms with Crippen LogP contribution < -0.4 is 0 Å². The summed E-state index contributed by atoms with van der Waals surface area (Å²) < 4.78 is 5.99. The Morgan fingerprint density at radius 3 is 2.83 bits per heavy atom. The minimum absolute atomic E-state index is 0.179. The number of aryl methyl sites for hydroxylation is 1. The highest BCUT2D eigenvalue weighted by atomic mass is 16.5. The molecular formula is C19H26N2O2. The van der Waals surface area contributed by atoms with E-state index in [0.29, 0.717) is 12.1 Å². The number of carbonyl (C=O) groups is 1. The van der Waals surface area contributed by atoms with Gasteiger partial charge in [0.25, 0.3) is 5.91 Å². The van der Waals surface area contributed by atoms with Crippen LogP contribution in [0.4, 0.5) is 0 Å². The quantitative estimate of drug-likeness (QED) is 0.858. The van der Waals surface area contributed by atoms with Gasteiger partial charge in [-0.2, -0.15) is 0 Å². The highest BCUT2D eigenvalue weighted by molar-refractivity contribution is 5.95. The lowest BCUT2D eigenvalue weighted by Gasteiger charge is -2.47. The van der Waals surface area contributed by atoms with Crippen molar-refractivity contribution in [1.29, 1.82) is 0 Å². The SMILES string of the molecule is Cc1ccccc1C(=O)N1CC[C@@H]2OCCN(CC3CC3)[C@H]2C1. The molecule has 0 unspecified atom stereocenters. The van der Waals surface area contributed by atoms with Crippen molar-refractivity contribution in [2.75, 3.05) is 32.8 Å². The average Bonchev–Trinajstić information content (AvgIpc) is 3.39. The van der Waals surface area contributed by atoms with Crippen molar-refractivity contribution in [3.05, 3.63) is 35.4 Å². The molecule has 0 spiro atoms. The van der Waals surface area contributed by atoms with Crippen LogP contribution in [0, 0.1) is 12.8 Å². The number of nitrogens with zero attached hydrogens (tertiary/aromatic N) is 2. The second-order valence-corrected chi connectivity index (χ2v) is 7.27. The summed E-state index contributed by atoms with van der Waals surface area (Å²) in [4.78, 5) is 17.5. The van der Waals surface area contributed by atoms with Crippen molar-refractivity contribution in [3.8, 4) is 0 Å². The van der Waals surface area contributed by atoms with E-state index in [0.717, 1.165) is 49.7 Å². The number of ether oxygens (including phenoxy) is 1. The fourth-order valence-electron chi connectivity index (χ4n) is 3.97. The van der Waals surface area contributed by atoms with Crippen molar-refractivity contribution in [2.45, 2.75) is 38.3 Å². The van der Waals surface area contributed by atoms with Gasteiger partial charge in [0.1, 0.15) is 0 Å². The Bertz CT molecular complexity index is 584. The van der Waals surface area contributed by atoms with Crippen LogP contribution in [0.25, 0.3) is 0 Å². The molecule has 0 radical (unpaired) electrons. The van der Waals surface area contributed by atoms with E-state index >= 15 is 0 Å². The Morgan fingerprint density at radius 1 is 1.22 bits per heavy atom. The number of benzene rings is 1. The molecule has 2 saturated heterocycles. The van der Waals surface area contributed by atoms with Gasteiger partial charge in [-0.05, 0) is 43.7 Å². The first kappa shape index (κ1) is 15.2. The number of morpholine rings is 1. The third-order valence-corrected chi connectivity index (χ3v) is 5.55. The maximum Gasteiger partial charge on any atom is 0.254 e. The zero-order valence-corrected chi connectivity index (χ0v) is 13.9. The molecule has 0 aromatic heterocycles. The first-order valence-corrected chi connectivity index (χ1v) is 8.93. The van der Waals surface area contributed by atoms with Gasteiger partial charge in [0.15, 0.2) is 0 Å². The number of hydrogen-bond donors (Lipinski definition) is 0. The summed E-state index contributed by atoms with van der Waals surface area (Å²) in [6.07, 6.45) is 4.02. The van der Waals surface area contributed by atoms with Crippen molar-refractivity contribution in [3.63, 3.8) is 0 Å². The molecule has 4 nitrogen and oxygen atoms in total. The van der Waals surface area contributed by atoms with Crippen LogP contribution in [0.15, 0.2) is 24.3 Å². The van der Waals surface area contributed by atoms with Gasteiger partial charge >= 0.3 is 0 Å². The van der Waals surface area contributed by atoms with E-state index in [2.05, 4.69) is 4.90 Å². The van der Waals surface area contributed by atoms with Gasteiger partial charge in [-0.15, -0.1) is 0 Å². The monoisotopic (exact) mass is 314 g/mol. The average molecular weight is 314 g/mol. The van der Waals surface area contributed by atoms with Gasteiger partial charge in [-0.3, -0.25) is 9.69 Å². The van der Waals surface area contributed by atoms with Crippen LogP contribution in [0.1, 0.15) is 35.2 Å². The number of rotatable bonds is 3. The Hall–Kier alpha value is -1.39. The molecule has 4 rings (SSSR count). The van der Waals surface area contributed by atoms with E-state index in [1.54, 1.807) is 0 Å². The molecule has 124 valence electrons. The van der Waals surface area contributed by atoms with E-state index in [1.807, 2.05) is 36.1 Å². The molecule has 1 aliphatic carbocycles. The van der Waals surface area contributed by atoms with Gasteiger partial charge in [0.2, 0.25) is 0 Å². The minimum Gasteiger partial charge on any atom is -0.375 e. The molecule has 23 heavy (non-hydrogen) atoms. The molecule has 0 N–H and O–H groups in total. The lowest BCUT2D eigenvalue weighted by Crippen LogP contribution is -2.61. The van der Waals surface area contributed by atoms with Crippen molar-refractivity contribution in [1.82, 2.24) is 9.80 Å². The molecule has 1 aromatic carbocycles. The summed E-state index contributed by atoms with van der Waals surface area (Å²) in [5.41, 5.74) is 1.91. The first-order chi connectivity index (χ1) is 11.2. The molecule has 4 heteroatoms. The van der Waals surface area contributed by atoms with Crippen LogP contribution in [0.2, 0.25) is 0 Å². The van der Waals surface area contributed by atoms with Crippen LogP contribution >= 0.6 is 0 Å². The zero-order chi connectivity index (χ0) is 15.8. The van der Waals surface area contributed by atoms with E-state index in [9.17, 15) is 4.79 Å². The maximum atomic E-state index is 12.9. The minimum atomic E-state index is 0.179. The number of carbonyl (C=O) groups excluding carboxylic acids is 1. The molecule has 3 fully saturated rings. The summed E-state index contributed by atoms with van der Waals surface area (Å²) in [6.45, 7) is 6.69. The summed E-state index contributed by atoms with van der Waals surface area (Å²) in [5, 5.41) is 0. The Kier molecular flexibility index (Phi) is 4.12. The van der Waals surface area contributed by atoms with Gasteiger partial charge in [0, 0.05) is 31.7 Å². The van der Waals surface area contributed by atoms with Gasteiger partial charge < -0.3 is 9.64 Å². The summed E-state index contributed by atoms with van der Waals surface area (Å²) in [7, 11) is 0. The molecular weight excluding hydrogens is 288 g/mol. The smallest absolute Gasteiger partial charge is 0.254 e. The molecule has 2 heterocycles. The van der Waals surface area contributed by atoms with Crippen LogP contribution in [-0.2, 0) is 4.74 Å². The molecule has 0 bridgehead atoms. The topological polar surface area (TPSA) is 32.8 Å². The van der Waals surface area contributed by atoms with E-state index in [-0.39, 0.29) is 5.91 Å². The molecule has 2 atom stereocenters. The summed E-state index contributed by atoms with van der Waals surface area (Å²) in [6, 6.07) is 8.29. The summed E-state index contributed by atoms with van der Waals surface area (Å²) in [5.74, 6) is 1.06. The van der Waals surface area contributed by atoms with E-state index < -0.39 is 0 Å². The Balaban J connectivity index is 1.48. The van der Waals surface area contributed by atoms with Gasteiger partial charge in [0.05, 0.1) is 18.8 Å². The third-order valence-electron chi connectivity index (χ3n) is 5.55. The zero-order valence-electron chi connectivity index (χ0n) is 13.9. The maximum absolute atomic E-state index is 12.9. The van der Waals surface area contributed by atoms with Crippen molar-refractivity contribution in [2.24, 2.45) is 5.92 Å². The standard InChI is InChI=1S/C19H26N2O2/c1-14-4-2-3-5-16(14)19(22)21-9-8-18-17(13-21)20(10-11-23-18)12-15-6-7-15/h2-5,15,17-18H,6-13H2,1H3/t17-,18-/m0/s1. The number of amides is 1. The Morgan fingerprint density at radius 2 is 2.04 bits per heavy atom. The fourth-order valence-corrected chi connectivity index (χ4v) is 3.97. The lowest BCUT2D eigenvalue weighted by atomic mass is 9.97. The highest BCUT2D eigenvalue weighted by Gasteiger charge is 2.40. The molecule has 1 saturated carbocycles. The largest absolute Gasteiger partial charge is 0.375 e. The second-order valence-electron chi connectivity index (χ2n) is 7.27. The highest BCUT2D eigenvalue weighted by Crippen LogP contribution is 2.33. The predicted molar refractivity (Wildman–Crippen MR) is 89.5 cm³/mol. The normalized spacial score (nSPS) is 28.5. The van der Waals surface area contributed by atoms with Gasteiger partial charge in [-0.25, -0.2) is 0 Å². The third kappa shape index (κ3) is 3.15. The van der Waals surface area contributed by atoms with Crippen molar-refractivity contribution < 1.29 is 9.53 Å². The van der Waals surface area contributed by atoms with Crippen LogP contribution in [-0.4, -0.2) is 60.6 Å². The van der Waals surface area contributed by atoms with Crippen LogP contribution in [0.5, 0.6) is 0 Å². The number of piperidine rings is 1. The first-order valence-electron chi connectivity index (χ1n) is 8.93. The second kappa shape index (κ2) is 6.25. The molecule has 1 aromatic rings. The van der Waals surface area contributed by atoms with E-state index in [4.69, 9.17) is 4.74 Å². The van der Waals surface area contributed by atoms with Crippen molar-refractivity contribution >= 4 is 5.91 Å². The number of fused-ring (bicyclic) bond motifs is 1. The van der Waals surface area contributed by atoms with Gasteiger partial charge in [-0.1, -0.05) is 18.2 Å². The summed E-state index contributed by atoms with van der Waals surface area (Å²) >= 11 is 0. The fraction of sp³-hybridized carbons (Fsp3) is 0.632. The number of hydrogen-bond acceptors (Lipinski definition) is 3. The van der Waals surface area contributed by atoms with E-state index in [1.165, 1.54) is 19.4 Å². The Labute approximate surface area is 138 Å². The molecule has 3 aliphatic rings. The lowest BCUT2D eigenvalue weighted by molar-refractivity contribution is -0.0989. The molecule has 2 aliphatic heterocycles. The van der Waals surface area contributed by atoms with Crippen LogP contribution in [0.3, 0.4) is 0 Å². The predicted octanol–water partition coefficient (Wildman–Crippen LogP) is 2.32. The molecule has 1 amide bonds. The number of likely N-dealkylation sites (tertiary alicyclic amines) is 1.